The van der Waals surface area contributed by atoms with Crippen molar-refractivity contribution in [3.63, 3.8) is 0 Å². The maximum Gasteiger partial charge on any atom is 0.434 e. The zero-order valence-corrected chi connectivity index (χ0v) is 14.0. The van der Waals surface area contributed by atoms with E-state index in [-0.39, 0.29) is 6.54 Å². The molecular weight excluding hydrogens is 341 g/mol. The molecule has 24 heavy (non-hydrogen) atoms. The van der Waals surface area contributed by atoms with Crippen LogP contribution in [0.5, 0.6) is 5.75 Å². The second kappa shape index (κ2) is 8.00. The van der Waals surface area contributed by atoms with Crippen LogP contribution in [-0.4, -0.2) is 25.1 Å². The first kappa shape index (κ1) is 18.1. The Labute approximate surface area is 141 Å². The van der Waals surface area contributed by atoms with E-state index in [9.17, 15) is 13.2 Å². The number of aromatic nitrogens is 1. The minimum absolute atomic E-state index is 0.165. The van der Waals surface area contributed by atoms with Gasteiger partial charge in [0.1, 0.15) is 10.8 Å². The number of hydrogen-bond acceptors (Lipinski definition) is 4. The van der Waals surface area contributed by atoms with E-state index in [0.29, 0.717) is 17.5 Å². The zero-order valence-electron chi connectivity index (χ0n) is 13.1. The summed E-state index contributed by atoms with van der Waals surface area (Å²) >= 11 is 0.955. The van der Waals surface area contributed by atoms with Gasteiger partial charge in [-0.1, -0.05) is 12.1 Å². The van der Waals surface area contributed by atoms with E-state index in [4.69, 9.17) is 4.74 Å². The van der Waals surface area contributed by atoms with Gasteiger partial charge in [0, 0.05) is 19.0 Å². The molecule has 5 nitrogen and oxygen atoms in total. The molecule has 2 N–H and O–H groups in total. The SMILES string of the molecule is CN=C(NCc1cccc(OC)c1)NCc1nc(C(F)(F)F)cs1. The molecule has 130 valence electrons. The fourth-order valence-electron chi connectivity index (χ4n) is 1.87. The Morgan fingerprint density at radius 1 is 1.29 bits per heavy atom. The smallest absolute Gasteiger partial charge is 0.434 e. The first-order valence-corrected chi connectivity index (χ1v) is 7.89. The van der Waals surface area contributed by atoms with E-state index in [2.05, 4.69) is 20.6 Å². The van der Waals surface area contributed by atoms with Crippen LogP contribution < -0.4 is 15.4 Å². The van der Waals surface area contributed by atoms with Crippen molar-refractivity contribution in [2.24, 2.45) is 4.99 Å². The molecular formula is C15H17F3N4OS. The van der Waals surface area contributed by atoms with Crippen molar-refractivity contribution in [2.75, 3.05) is 14.2 Å². The summed E-state index contributed by atoms with van der Waals surface area (Å²) in [5.41, 5.74) is 0.120. The van der Waals surface area contributed by atoms with Crippen LogP contribution >= 0.6 is 11.3 Å². The largest absolute Gasteiger partial charge is 0.497 e. The van der Waals surface area contributed by atoms with Crippen LogP contribution in [-0.2, 0) is 19.3 Å². The molecule has 1 aromatic carbocycles. The molecule has 0 amide bonds. The quantitative estimate of drug-likeness (QED) is 0.637. The van der Waals surface area contributed by atoms with E-state index in [1.54, 1.807) is 14.2 Å². The number of thiazole rings is 1. The molecule has 2 aromatic rings. The standard InChI is InChI=1S/C15H17F3N4OS/c1-19-14(20-7-10-4-3-5-11(6-10)23-2)21-8-13-22-12(9-24-13)15(16,17)18/h3-6,9H,7-8H2,1-2H3,(H2,19,20,21). The Kier molecular flexibility index (Phi) is 6.02. The highest BCUT2D eigenvalue weighted by Gasteiger charge is 2.33. The zero-order chi connectivity index (χ0) is 17.6. The number of ether oxygens (including phenoxy) is 1. The lowest BCUT2D eigenvalue weighted by atomic mass is 10.2. The molecule has 0 aliphatic rings. The van der Waals surface area contributed by atoms with Gasteiger partial charge in [0.25, 0.3) is 0 Å². The Morgan fingerprint density at radius 2 is 2.04 bits per heavy atom. The van der Waals surface area contributed by atoms with Gasteiger partial charge in [0.05, 0.1) is 13.7 Å². The molecule has 0 saturated carbocycles. The molecule has 1 aromatic heterocycles. The van der Waals surface area contributed by atoms with Crippen molar-refractivity contribution < 1.29 is 17.9 Å². The average molecular weight is 358 g/mol. The summed E-state index contributed by atoms with van der Waals surface area (Å²) in [6.45, 7) is 0.668. The van der Waals surface area contributed by atoms with Crippen LogP contribution in [0.3, 0.4) is 0 Å². The van der Waals surface area contributed by atoms with E-state index in [1.807, 2.05) is 24.3 Å². The third-order valence-electron chi connectivity index (χ3n) is 3.07. The van der Waals surface area contributed by atoms with Gasteiger partial charge in [0.15, 0.2) is 11.7 Å². The fourth-order valence-corrected chi connectivity index (χ4v) is 2.61. The van der Waals surface area contributed by atoms with Crippen molar-refractivity contribution >= 4 is 17.3 Å². The Morgan fingerprint density at radius 3 is 2.67 bits per heavy atom. The highest BCUT2D eigenvalue weighted by atomic mass is 32.1. The highest BCUT2D eigenvalue weighted by Crippen LogP contribution is 2.29. The van der Waals surface area contributed by atoms with Gasteiger partial charge >= 0.3 is 6.18 Å². The summed E-state index contributed by atoms with van der Waals surface area (Å²) in [6.07, 6.45) is -4.42. The number of nitrogens with one attached hydrogen (secondary N) is 2. The minimum atomic E-state index is -4.42. The molecule has 0 radical (unpaired) electrons. The third-order valence-corrected chi connectivity index (χ3v) is 3.92. The van der Waals surface area contributed by atoms with Crippen LogP contribution in [0, 0.1) is 0 Å². The van der Waals surface area contributed by atoms with Crippen LogP contribution in [0.2, 0.25) is 0 Å². The molecule has 1 heterocycles. The summed E-state index contributed by atoms with van der Waals surface area (Å²) in [5, 5.41) is 7.36. The van der Waals surface area contributed by atoms with E-state index >= 15 is 0 Å². The Balaban J connectivity index is 1.87. The predicted molar refractivity (Wildman–Crippen MR) is 87.1 cm³/mol. The number of guanidine groups is 1. The topological polar surface area (TPSA) is 58.5 Å². The lowest BCUT2D eigenvalue weighted by Gasteiger charge is -2.11. The lowest BCUT2D eigenvalue weighted by molar-refractivity contribution is -0.140. The second-order valence-corrected chi connectivity index (χ2v) is 5.70. The molecule has 0 unspecified atom stereocenters. The Hall–Kier alpha value is -2.29. The van der Waals surface area contributed by atoms with Gasteiger partial charge in [-0.3, -0.25) is 4.99 Å². The number of aliphatic imine (C=N–C) groups is 1. The van der Waals surface area contributed by atoms with Gasteiger partial charge in [-0.05, 0) is 17.7 Å². The summed E-state index contributed by atoms with van der Waals surface area (Å²) in [4.78, 5) is 7.59. The van der Waals surface area contributed by atoms with Crippen LogP contribution in [0.1, 0.15) is 16.3 Å². The van der Waals surface area contributed by atoms with Crippen LogP contribution in [0.15, 0.2) is 34.6 Å². The molecule has 0 bridgehead atoms. The molecule has 0 fully saturated rings. The van der Waals surface area contributed by atoms with Gasteiger partial charge < -0.3 is 15.4 Å². The van der Waals surface area contributed by atoms with Gasteiger partial charge in [-0.2, -0.15) is 13.2 Å². The number of methoxy groups -OCH3 is 1. The van der Waals surface area contributed by atoms with Crippen LogP contribution in [0.4, 0.5) is 13.2 Å². The molecule has 0 spiro atoms. The first-order chi connectivity index (χ1) is 11.4. The van der Waals surface area contributed by atoms with Crippen molar-refractivity contribution in [2.45, 2.75) is 19.3 Å². The minimum Gasteiger partial charge on any atom is -0.497 e. The van der Waals surface area contributed by atoms with Gasteiger partial charge in [0.2, 0.25) is 0 Å². The van der Waals surface area contributed by atoms with Crippen molar-refractivity contribution in [1.82, 2.24) is 15.6 Å². The lowest BCUT2D eigenvalue weighted by Crippen LogP contribution is -2.36. The predicted octanol–water partition coefficient (Wildman–Crippen LogP) is 3.04. The maximum atomic E-state index is 12.5. The fraction of sp³-hybridized carbons (Fsp3) is 0.333. The van der Waals surface area contributed by atoms with Gasteiger partial charge in [-0.25, -0.2) is 4.98 Å². The number of nitrogens with zero attached hydrogens (tertiary/aromatic N) is 2. The highest BCUT2D eigenvalue weighted by molar-refractivity contribution is 7.09. The number of benzene rings is 1. The van der Waals surface area contributed by atoms with Crippen molar-refractivity contribution in [1.29, 1.82) is 0 Å². The molecule has 0 saturated heterocycles. The summed E-state index contributed by atoms with van der Waals surface area (Å²) in [6, 6.07) is 7.54. The third kappa shape index (κ3) is 5.12. The molecule has 0 atom stereocenters. The number of alkyl halides is 3. The molecule has 2 rings (SSSR count). The number of rotatable bonds is 5. The van der Waals surface area contributed by atoms with Gasteiger partial charge in [-0.15, -0.1) is 11.3 Å². The van der Waals surface area contributed by atoms with E-state index in [0.717, 1.165) is 28.0 Å². The Bertz CT molecular complexity index is 700. The summed E-state index contributed by atoms with van der Waals surface area (Å²) in [5.74, 6) is 1.22. The molecule has 0 aliphatic heterocycles. The molecule has 9 heteroatoms. The van der Waals surface area contributed by atoms with Crippen molar-refractivity contribution in [3.8, 4) is 5.75 Å². The van der Waals surface area contributed by atoms with Crippen LogP contribution in [0.25, 0.3) is 0 Å². The maximum absolute atomic E-state index is 12.5. The number of hydrogen-bond donors (Lipinski definition) is 2. The number of halogens is 3. The van der Waals surface area contributed by atoms with E-state index < -0.39 is 11.9 Å². The van der Waals surface area contributed by atoms with E-state index in [1.165, 1.54) is 0 Å². The molecule has 0 aliphatic carbocycles. The average Bonchev–Trinajstić information content (AvgIpc) is 3.04. The summed E-state index contributed by atoms with van der Waals surface area (Å²) in [7, 11) is 3.18. The monoisotopic (exact) mass is 358 g/mol. The summed E-state index contributed by atoms with van der Waals surface area (Å²) < 4.78 is 42.7. The normalized spacial score (nSPS) is 12.1. The van der Waals surface area contributed by atoms with Crippen molar-refractivity contribution in [3.05, 3.63) is 45.9 Å². The second-order valence-electron chi connectivity index (χ2n) is 4.76. The first-order valence-electron chi connectivity index (χ1n) is 7.01.